The lowest BCUT2D eigenvalue weighted by atomic mass is 9.62. The van der Waals surface area contributed by atoms with Crippen molar-refractivity contribution in [2.75, 3.05) is 4.90 Å². The second-order valence-corrected chi connectivity index (χ2v) is 12.4. The van der Waals surface area contributed by atoms with Gasteiger partial charge in [-0.3, -0.25) is 4.98 Å². The summed E-state index contributed by atoms with van der Waals surface area (Å²) < 4.78 is 0. The molecule has 1 aliphatic heterocycles. The third kappa shape index (κ3) is 4.89. The molecule has 0 radical (unpaired) electrons. The van der Waals surface area contributed by atoms with E-state index in [1.165, 1.54) is 22.3 Å². The normalized spacial score (nSPS) is 12.9. The minimum Gasteiger partial charge on any atom is -0.308 e. The number of nitrogens with zero attached hydrogens (tertiary/aromatic N) is 4. The average molecular weight is 641 g/mol. The molecule has 1 aliphatic rings. The Bertz CT molecular complexity index is 2260. The van der Waals surface area contributed by atoms with Crippen LogP contribution in [0.3, 0.4) is 0 Å². The van der Waals surface area contributed by atoms with Gasteiger partial charge in [0.15, 0.2) is 5.82 Å². The van der Waals surface area contributed by atoms with Gasteiger partial charge in [-0.1, -0.05) is 158 Å². The molecule has 0 aliphatic carbocycles. The summed E-state index contributed by atoms with van der Waals surface area (Å²) in [6.45, 7) is 0. The molecule has 0 fully saturated rings. The number of rotatable bonds is 6. The molecule has 8 aromatic rings. The van der Waals surface area contributed by atoms with E-state index in [-0.39, 0.29) is 0 Å². The minimum absolute atomic E-state index is 0.512. The van der Waals surface area contributed by atoms with Gasteiger partial charge in [0, 0.05) is 11.1 Å². The number of hydrogen-bond donors (Lipinski definition) is 0. The Hall–Kier alpha value is -6.65. The standard InChI is InChI=1S/C46H32N4/c1-5-17-33(18-6-1)41-31-42(49-45(48-41)34-19-7-2-8-20-34)40-30-29-37(32-47-40)50-43-27-15-13-25-38(43)46(35-21-9-3-10-22-35,36-23-11-4-12-24-36)39-26-14-16-28-44(39)50/h1-32H. The topological polar surface area (TPSA) is 41.9 Å². The molecule has 2 aromatic heterocycles. The number of fused-ring (bicyclic) bond motifs is 2. The highest BCUT2D eigenvalue weighted by molar-refractivity contribution is 5.89. The van der Waals surface area contributed by atoms with Gasteiger partial charge in [0.25, 0.3) is 0 Å². The predicted octanol–water partition coefficient (Wildman–Crippen LogP) is 11.0. The van der Waals surface area contributed by atoms with Gasteiger partial charge >= 0.3 is 0 Å². The number of aromatic nitrogens is 3. The summed E-state index contributed by atoms with van der Waals surface area (Å²) >= 11 is 0. The van der Waals surface area contributed by atoms with Crippen LogP contribution in [0, 0.1) is 0 Å². The van der Waals surface area contributed by atoms with E-state index in [4.69, 9.17) is 15.0 Å². The van der Waals surface area contributed by atoms with Crippen LogP contribution in [0.25, 0.3) is 34.0 Å². The van der Waals surface area contributed by atoms with Crippen LogP contribution in [0.4, 0.5) is 17.1 Å². The van der Waals surface area contributed by atoms with E-state index in [0.717, 1.165) is 45.3 Å². The fourth-order valence-corrected chi connectivity index (χ4v) is 7.41. The van der Waals surface area contributed by atoms with E-state index in [1.807, 2.05) is 60.8 Å². The molecule has 9 rings (SSSR count). The van der Waals surface area contributed by atoms with Gasteiger partial charge in [0.05, 0.1) is 45.8 Å². The third-order valence-electron chi connectivity index (χ3n) is 9.61. The smallest absolute Gasteiger partial charge is 0.160 e. The molecule has 4 nitrogen and oxygen atoms in total. The molecule has 50 heavy (non-hydrogen) atoms. The molecule has 0 saturated carbocycles. The molecule has 0 atom stereocenters. The summed E-state index contributed by atoms with van der Waals surface area (Å²) in [7, 11) is 0. The minimum atomic E-state index is -0.512. The van der Waals surface area contributed by atoms with Crippen molar-refractivity contribution in [1.29, 1.82) is 0 Å². The highest BCUT2D eigenvalue weighted by Gasteiger charge is 2.46. The highest BCUT2D eigenvalue weighted by atomic mass is 15.2. The van der Waals surface area contributed by atoms with Crippen molar-refractivity contribution in [3.63, 3.8) is 0 Å². The van der Waals surface area contributed by atoms with Gasteiger partial charge in [0.2, 0.25) is 0 Å². The van der Waals surface area contributed by atoms with Crippen molar-refractivity contribution in [3.05, 3.63) is 217 Å². The fraction of sp³-hybridized carbons (Fsp3) is 0.0217. The van der Waals surface area contributed by atoms with Crippen molar-refractivity contribution in [3.8, 4) is 34.0 Å². The summed E-state index contributed by atoms with van der Waals surface area (Å²) in [5.41, 5.74) is 12.0. The Morgan fingerprint density at radius 3 is 1.42 bits per heavy atom. The lowest BCUT2D eigenvalue weighted by molar-refractivity contribution is 0.731. The summed E-state index contributed by atoms with van der Waals surface area (Å²) in [4.78, 5) is 17.4. The number of para-hydroxylation sites is 2. The Kier molecular flexibility index (Phi) is 7.33. The molecule has 236 valence electrons. The first-order valence-corrected chi connectivity index (χ1v) is 16.9. The summed E-state index contributed by atoms with van der Waals surface area (Å²) in [6.07, 6.45) is 1.97. The Morgan fingerprint density at radius 2 is 0.880 bits per heavy atom. The lowest BCUT2D eigenvalue weighted by Gasteiger charge is -2.46. The van der Waals surface area contributed by atoms with Crippen LogP contribution in [0.1, 0.15) is 22.3 Å². The zero-order valence-electron chi connectivity index (χ0n) is 27.3. The molecule has 0 unspecified atom stereocenters. The number of benzene rings is 6. The van der Waals surface area contributed by atoms with Crippen LogP contribution in [0.5, 0.6) is 0 Å². The van der Waals surface area contributed by atoms with Gasteiger partial charge in [-0.2, -0.15) is 0 Å². The first-order valence-electron chi connectivity index (χ1n) is 16.9. The van der Waals surface area contributed by atoms with Crippen LogP contribution >= 0.6 is 0 Å². The first-order chi connectivity index (χ1) is 24.8. The molecule has 3 heterocycles. The monoisotopic (exact) mass is 640 g/mol. The van der Waals surface area contributed by atoms with Crippen LogP contribution in [0.15, 0.2) is 194 Å². The van der Waals surface area contributed by atoms with E-state index in [1.54, 1.807) is 0 Å². The SMILES string of the molecule is c1ccc(-c2cc(-c3ccc(N4c5ccccc5C(c5ccccc5)(c5ccccc5)c5ccccc54)cn3)nc(-c3ccccc3)n2)cc1. The molecular weight excluding hydrogens is 609 g/mol. The maximum absolute atomic E-state index is 5.06. The average Bonchev–Trinajstić information content (AvgIpc) is 3.21. The van der Waals surface area contributed by atoms with Gasteiger partial charge in [-0.15, -0.1) is 0 Å². The van der Waals surface area contributed by atoms with Crippen molar-refractivity contribution in [2.45, 2.75) is 5.41 Å². The zero-order valence-corrected chi connectivity index (χ0v) is 27.3. The largest absolute Gasteiger partial charge is 0.308 e. The second-order valence-electron chi connectivity index (χ2n) is 12.4. The molecule has 0 N–H and O–H groups in total. The zero-order chi connectivity index (χ0) is 33.3. The van der Waals surface area contributed by atoms with Crippen molar-refractivity contribution in [2.24, 2.45) is 0 Å². The molecule has 0 amide bonds. The van der Waals surface area contributed by atoms with Crippen molar-refractivity contribution >= 4 is 17.1 Å². The van der Waals surface area contributed by atoms with Gasteiger partial charge in [0.1, 0.15) is 0 Å². The molecule has 0 bridgehead atoms. The molecule has 0 saturated heterocycles. The van der Waals surface area contributed by atoms with Crippen molar-refractivity contribution in [1.82, 2.24) is 15.0 Å². The molecule has 6 aromatic carbocycles. The van der Waals surface area contributed by atoms with Gasteiger partial charge in [-0.05, 0) is 52.6 Å². The van der Waals surface area contributed by atoms with Gasteiger partial charge < -0.3 is 4.90 Å². The van der Waals surface area contributed by atoms with E-state index in [0.29, 0.717) is 5.82 Å². The van der Waals surface area contributed by atoms with E-state index >= 15 is 0 Å². The molecule has 0 spiro atoms. The maximum Gasteiger partial charge on any atom is 0.160 e. The van der Waals surface area contributed by atoms with Crippen molar-refractivity contribution < 1.29 is 0 Å². The number of hydrogen-bond acceptors (Lipinski definition) is 4. The third-order valence-corrected chi connectivity index (χ3v) is 9.61. The number of anilines is 3. The Labute approximate surface area is 292 Å². The molecule has 4 heteroatoms. The van der Waals surface area contributed by atoms with Gasteiger partial charge in [-0.25, -0.2) is 9.97 Å². The Morgan fingerprint density at radius 1 is 0.400 bits per heavy atom. The van der Waals surface area contributed by atoms with Crippen LogP contribution in [-0.2, 0) is 5.41 Å². The van der Waals surface area contributed by atoms with E-state index in [2.05, 4.69) is 138 Å². The lowest BCUT2D eigenvalue weighted by Crippen LogP contribution is -2.37. The quantitative estimate of drug-likeness (QED) is 0.181. The summed E-state index contributed by atoms with van der Waals surface area (Å²) in [5.74, 6) is 0.671. The molecular formula is C46H32N4. The second kappa shape index (κ2) is 12.4. The fourth-order valence-electron chi connectivity index (χ4n) is 7.41. The summed E-state index contributed by atoms with van der Waals surface area (Å²) in [6, 6.07) is 65.9. The van der Waals surface area contributed by atoms with Crippen LogP contribution < -0.4 is 4.90 Å². The maximum atomic E-state index is 5.06. The predicted molar refractivity (Wildman–Crippen MR) is 203 cm³/mol. The Balaban J connectivity index is 1.20. The van der Waals surface area contributed by atoms with Crippen LogP contribution in [-0.4, -0.2) is 15.0 Å². The summed E-state index contributed by atoms with van der Waals surface area (Å²) in [5, 5.41) is 0. The highest BCUT2D eigenvalue weighted by Crippen LogP contribution is 2.57. The van der Waals surface area contributed by atoms with E-state index in [9.17, 15) is 0 Å². The van der Waals surface area contributed by atoms with E-state index < -0.39 is 5.41 Å². The number of pyridine rings is 1. The first kappa shape index (κ1) is 29.5. The van der Waals surface area contributed by atoms with Crippen LogP contribution in [0.2, 0.25) is 0 Å².